The van der Waals surface area contributed by atoms with Crippen LogP contribution in [0.5, 0.6) is 0 Å². The van der Waals surface area contributed by atoms with E-state index < -0.39 is 0 Å². The second kappa shape index (κ2) is 3.76. The minimum absolute atomic E-state index is 0.275. The highest BCUT2D eigenvalue weighted by atomic mass is 35.5. The Hall–Kier alpha value is -0.790. The van der Waals surface area contributed by atoms with Gasteiger partial charge in [0, 0.05) is 11.6 Å². The Labute approximate surface area is 89.8 Å². The van der Waals surface area contributed by atoms with Gasteiger partial charge >= 0.3 is 0 Å². The van der Waals surface area contributed by atoms with E-state index in [1.807, 2.05) is 19.1 Å². The van der Waals surface area contributed by atoms with Gasteiger partial charge in [-0.05, 0) is 36.6 Å². The summed E-state index contributed by atoms with van der Waals surface area (Å²) in [6.45, 7) is 7.07. The lowest BCUT2D eigenvalue weighted by atomic mass is 9.91. The van der Waals surface area contributed by atoms with Crippen LogP contribution in [0, 0.1) is 0 Å². The van der Waals surface area contributed by atoms with E-state index in [2.05, 4.69) is 18.0 Å². The first kappa shape index (κ1) is 9.75. The standard InChI is InChI=1S/C12H14ClN/c1-8(2)12-11-7-10(13)4-3-9(11)5-6-14-12/h3-4,7,12,14H,1,5-6H2,2H3. The van der Waals surface area contributed by atoms with Gasteiger partial charge in [-0.1, -0.05) is 29.8 Å². The maximum absolute atomic E-state index is 5.99. The van der Waals surface area contributed by atoms with Gasteiger partial charge in [0.1, 0.15) is 0 Å². The Kier molecular flexibility index (Phi) is 2.62. The average molecular weight is 208 g/mol. The molecule has 2 rings (SSSR count). The summed E-state index contributed by atoms with van der Waals surface area (Å²) in [5, 5.41) is 4.25. The van der Waals surface area contributed by atoms with Crippen molar-refractivity contribution in [3.63, 3.8) is 0 Å². The molecule has 0 saturated carbocycles. The Morgan fingerprint density at radius 3 is 3.07 bits per heavy atom. The van der Waals surface area contributed by atoms with Crippen molar-refractivity contribution in [2.75, 3.05) is 6.54 Å². The van der Waals surface area contributed by atoms with E-state index in [0.717, 1.165) is 23.6 Å². The van der Waals surface area contributed by atoms with E-state index in [1.54, 1.807) is 0 Å². The van der Waals surface area contributed by atoms with Crippen LogP contribution in [0.4, 0.5) is 0 Å². The third-order valence-electron chi connectivity index (χ3n) is 2.65. The summed E-state index contributed by atoms with van der Waals surface area (Å²) >= 11 is 5.99. The molecule has 0 amide bonds. The molecule has 1 aromatic rings. The van der Waals surface area contributed by atoms with Gasteiger partial charge in [0.25, 0.3) is 0 Å². The van der Waals surface area contributed by atoms with Crippen molar-refractivity contribution in [1.29, 1.82) is 0 Å². The van der Waals surface area contributed by atoms with E-state index in [1.165, 1.54) is 11.1 Å². The zero-order chi connectivity index (χ0) is 10.1. The summed E-state index contributed by atoms with van der Waals surface area (Å²) in [7, 11) is 0. The summed E-state index contributed by atoms with van der Waals surface area (Å²) in [6, 6.07) is 6.40. The van der Waals surface area contributed by atoms with Gasteiger partial charge in [0.15, 0.2) is 0 Å². The fourth-order valence-electron chi connectivity index (χ4n) is 1.96. The molecule has 1 aliphatic heterocycles. The molecule has 0 spiro atoms. The normalized spacial score (nSPS) is 20.3. The summed E-state index contributed by atoms with van der Waals surface area (Å²) in [5.74, 6) is 0. The van der Waals surface area contributed by atoms with Gasteiger partial charge in [-0.2, -0.15) is 0 Å². The van der Waals surface area contributed by atoms with E-state index in [4.69, 9.17) is 11.6 Å². The molecule has 2 heteroatoms. The molecule has 1 aliphatic rings. The Morgan fingerprint density at radius 2 is 2.36 bits per heavy atom. The fraction of sp³-hybridized carbons (Fsp3) is 0.333. The van der Waals surface area contributed by atoms with Crippen molar-refractivity contribution in [1.82, 2.24) is 5.32 Å². The van der Waals surface area contributed by atoms with Gasteiger partial charge in [-0.25, -0.2) is 0 Å². The minimum atomic E-state index is 0.275. The summed E-state index contributed by atoms with van der Waals surface area (Å²) in [4.78, 5) is 0. The first-order chi connectivity index (χ1) is 6.68. The summed E-state index contributed by atoms with van der Waals surface area (Å²) in [6.07, 6.45) is 1.08. The molecule has 74 valence electrons. The van der Waals surface area contributed by atoms with Crippen molar-refractivity contribution in [2.45, 2.75) is 19.4 Å². The predicted molar refractivity (Wildman–Crippen MR) is 60.7 cm³/mol. The Balaban J connectivity index is 2.46. The average Bonchev–Trinajstić information content (AvgIpc) is 2.16. The second-order valence-electron chi connectivity index (χ2n) is 3.83. The van der Waals surface area contributed by atoms with Crippen molar-refractivity contribution >= 4 is 11.6 Å². The molecule has 1 heterocycles. The first-order valence-electron chi connectivity index (χ1n) is 4.85. The Bertz CT molecular complexity index is 371. The second-order valence-corrected chi connectivity index (χ2v) is 4.26. The van der Waals surface area contributed by atoms with Crippen LogP contribution in [0.15, 0.2) is 30.4 Å². The molecule has 0 saturated heterocycles. The van der Waals surface area contributed by atoms with Crippen LogP contribution in [0.2, 0.25) is 5.02 Å². The van der Waals surface area contributed by atoms with Crippen LogP contribution in [-0.4, -0.2) is 6.54 Å². The molecule has 1 nitrogen and oxygen atoms in total. The molecular formula is C12H14ClN. The van der Waals surface area contributed by atoms with E-state index in [0.29, 0.717) is 0 Å². The quantitative estimate of drug-likeness (QED) is 0.698. The minimum Gasteiger partial charge on any atom is -0.306 e. The number of halogens is 1. The molecule has 14 heavy (non-hydrogen) atoms. The van der Waals surface area contributed by atoms with E-state index in [9.17, 15) is 0 Å². The van der Waals surface area contributed by atoms with Crippen LogP contribution >= 0.6 is 11.6 Å². The lowest BCUT2D eigenvalue weighted by Gasteiger charge is -2.27. The molecule has 0 fully saturated rings. The van der Waals surface area contributed by atoms with Crippen LogP contribution < -0.4 is 5.32 Å². The fourth-order valence-corrected chi connectivity index (χ4v) is 2.14. The highest BCUT2D eigenvalue weighted by Gasteiger charge is 2.19. The van der Waals surface area contributed by atoms with Crippen LogP contribution in [0.1, 0.15) is 24.1 Å². The molecule has 0 aromatic heterocycles. The Morgan fingerprint density at radius 1 is 1.57 bits per heavy atom. The number of fused-ring (bicyclic) bond motifs is 1. The maximum Gasteiger partial charge on any atom is 0.0534 e. The highest BCUT2D eigenvalue weighted by molar-refractivity contribution is 6.30. The lowest BCUT2D eigenvalue weighted by molar-refractivity contribution is 0.561. The van der Waals surface area contributed by atoms with Gasteiger partial charge in [-0.3, -0.25) is 0 Å². The SMILES string of the molecule is C=C(C)C1NCCc2ccc(Cl)cc21. The topological polar surface area (TPSA) is 12.0 Å². The van der Waals surface area contributed by atoms with Crippen LogP contribution in [-0.2, 0) is 6.42 Å². The van der Waals surface area contributed by atoms with Crippen molar-refractivity contribution in [2.24, 2.45) is 0 Å². The van der Waals surface area contributed by atoms with E-state index in [-0.39, 0.29) is 6.04 Å². The summed E-state index contributed by atoms with van der Waals surface area (Å²) < 4.78 is 0. The molecule has 0 bridgehead atoms. The third kappa shape index (κ3) is 1.70. The predicted octanol–water partition coefficient (Wildman–Crippen LogP) is 3.10. The number of rotatable bonds is 1. The molecular weight excluding hydrogens is 194 g/mol. The summed E-state index contributed by atoms with van der Waals surface area (Å²) in [5.41, 5.74) is 3.82. The molecule has 0 radical (unpaired) electrons. The largest absolute Gasteiger partial charge is 0.306 e. The van der Waals surface area contributed by atoms with Gasteiger partial charge in [-0.15, -0.1) is 0 Å². The van der Waals surface area contributed by atoms with Gasteiger partial charge < -0.3 is 5.32 Å². The number of hydrogen-bond donors (Lipinski definition) is 1. The van der Waals surface area contributed by atoms with Crippen molar-refractivity contribution in [3.05, 3.63) is 46.5 Å². The van der Waals surface area contributed by atoms with E-state index >= 15 is 0 Å². The maximum atomic E-state index is 5.99. The van der Waals surface area contributed by atoms with Gasteiger partial charge in [0.05, 0.1) is 6.04 Å². The number of hydrogen-bond acceptors (Lipinski definition) is 1. The van der Waals surface area contributed by atoms with Crippen molar-refractivity contribution in [3.8, 4) is 0 Å². The molecule has 0 aliphatic carbocycles. The third-order valence-corrected chi connectivity index (χ3v) is 2.89. The van der Waals surface area contributed by atoms with Gasteiger partial charge in [0.2, 0.25) is 0 Å². The van der Waals surface area contributed by atoms with Crippen LogP contribution in [0.25, 0.3) is 0 Å². The molecule has 1 atom stereocenters. The zero-order valence-electron chi connectivity index (χ0n) is 8.31. The number of nitrogens with one attached hydrogen (secondary N) is 1. The van der Waals surface area contributed by atoms with Crippen LogP contribution in [0.3, 0.4) is 0 Å². The molecule has 1 N–H and O–H groups in total. The lowest BCUT2D eigenvalue weighted by Crippen LogP contribution is -2.30. The van der Waals surface area contributed by atoms with Crippen molar-refractivity contribution < 1.29 is 0 Å². The molecule has 1 unspecified atom stereocenters. The highest BCUT2D eigenvalue weighted by Crippen LogP contribution is 2.29. The first-order valence-corrected chi connectivity index (χ1v) is 5.23. The molecule has 1 aromatic carbocycles. The smallest absolute Gasteiger partial charge is 0.0534 e. The zero-order valence-corrected chi connectivity index (χ0v) is 9.06. The number of benzene rings is 1. The monoisotopic (exact) mass is 207 g/mol.